The zero-order chi connectivity index (χ0) is 9.07. The third-order valence-electron chi connectivity index (χ3n) is 1.08. The molecule has 0 aromatic carbocycles. The molecular weight excluding hydrogens is 161 g/mol. The molecule has 11 heavy (non-hydrogen) atoms. The molecule has 2 atom stereocenters. The van der Waals surface area contributed by atoms with Gasteiger partial charge in [-0.05, 0) is 13.3 Å². The highest BCUT2D eigenvalue weighted by molar-refractivity contribution is 4.64. The second-order valence-corrected chi connectivity index (χ2v) is 2.56. The van der Waals surface area contributed by atoms with Crippen molar-refractivity contribution in [1.29, 1.82) is 0 Å². The van der Waals surface area contributed by atoms with Gasteiger partial charge in [0.25, 0.3) is 0 Å². The minimum absolute atomic E-state index is 0.237. The first-order valence-electron chi connectivity index (χ1n) is 3.24. The average Bonchev–Trinajstić information content (AvgIpc) is 1.53. The molecule has 2 unspecified atom stereocenters. The van der Waals surface area contributed by atoms with Gasteiger partial charge in [-0.1, -0.05) is 0 Å². The molecule has 68 valence electrons. The molecule has 0 bridgehead atoms. The van der Waals surface area contributed by atoms with Crippen LogP contribution in [0.5, 0.6) is 0 Å². The summed E-state index contributed by atoms with van der Waals surface area (Å²) in [5.74, 6) is 0. The molecule has 0 fully saturated rings. The number of hydrogen-bond acceptors (Lipinski definition) is 2. The zero-order valence-electron chi connectivity index (χ0n) is 6.10. The molecule has 0 aliphatic rings. The molecule has 2 nitrogen and oxygen atoms in total. The van der Waals surface area contributed by atoms with Crippen molar-refractivity contribution in [1.82, 2.24) is 0 Å². The van der Waals surface area contributed by atoms with E-state index in [0.29, 0.717) is 0 Å². The lowest BCUT2D eigenvalue weighted by Crippen LogP contribution is -2.22. The number of halogens is 3. The van der Waals surface area contributed by atoms with E-state index in [2.05, 4.69) is 0 Å². The Hall–Kier alpha value is -0.290. The monoisotopic (exact) mass is 172 g/mol. The summed E-state index contributed by atoms with van der Waals surface area (Å²) < 4.78 is 34.5. The minimum atomic E-state index is -4.35. The standard InChI is InChI=1S/C6H11F3O2/c1-4(10)2-5(11)3-6(7,8)9/h4-5,10-11H,2-3H2,1H3. The van der Waals surface area contributed by atoms with Crippen LogP contribution in [0.2, 0.25) is 0 Å². The van der Waals surface area contributed by atoms with Gasteiger partial charge in [-0.2, -0.15) is 13.2 Å². The zero-order valence-corrected chi connectivity index (χ0v) is 6.10. The molecule has 0 rings (SSSR count). The van der Waals surface area contributed by atoms with Crippen LogP contribution >= 0.6 is 0 Å². The lowest BCUT2D eigenvalue weighted by Gasteiger charge is -2.13. The van der Waals surface area contributed by atoms with Crippen molar-refractivity contribution in [2.45, 2.75) is 38.1 Å². The highest BCUT2D eigenvalue weighted by Gasteiger charge is 2.31. The van der Waals surface area contributed by atoms with Crippen LogP contribution in [-0.2, 0) is 0 Å². The largest absolute Gasteiger partial charge is 0.393 e. The number of alkyl halides is 3. The van der Waals surface area contributed by atoms with E-state index in [9.17, 15) is 13.2 Å². The first-order valence-corrected chi connectivity index (χ1v) is 3.24. The fraction of sp³-hybridized carbons (Fsp3) is 1.00. The van der Waals surface area contributed by atoms with Crippen molar-refractivity contribution in [3.05, 3.63) is 0 Å². The molecule has 0 spiro atoms. The third kappa shape index (κ3) is 7.61. The predicted octanol–water partition coefficient (Wildman–Crippen LogP) is 1.07. The van der Waals surface area contributed by atoms with E-state index >= 15 is 0 Å². The molecule has 0 aliphatic heterocycles. The van der Waals surface area contributed by atoms with Crippen molar-refractivity contribution >= 4 is 0 Å². The first kappa shape index (κ1) is 10.7. The fourth-order valence-corrected chi connectivity index (χ4v) is 0.744. The van der Waals surface area contributed by atoms with Crippen molar-refractivity contribution in [3.8, 4) is 0 Å². The molecule has 0 aliphatic carbocycles. The first-order chi connectivity index (χ1) is 4.81. The van der Waals surface area contributed by atoms with Gasteiger partial charge in [-0.25, -0.2) is 0 Å². The van der Waals surface area contributed by atoms with Crippen LogP contribution in [-0.4, -0.2) is 28.6 Å². The second-order valence-electron chi connectivity index (χ2n) is 2.56. The summed E-state index contributed by atoms with van der Waals surface area (Å²) in [6.45, 7) is 1.33. The van der Waals surface area contributed by atoms with Crippen LogP contribution in [0.1, 0.15) is 19.8 Å². The van der Waals surface area contributed by atoms with Gasteiger partial charge in [-0.3, -0.25) is 0 Å². The summed E-state index contributed by atoms with van der Waals surface area (Å²) in [5, 5.41) is 17.3. The lowest BCUT2D eigenvalue weighted by molar-refractivity contribution is -0.155. The van der Waals surface area contributed by atoms with Crippen molar-refractivity contribution in [2.24, 2.45) is 0 Å². The summed E-state index contributed by atoms with van der Waals surface area (Å²) >= 11 is 0. The summed E-state index contributed by atoms with van der Waals surface area (Å²) in [6, 6.07) is 0. The lowest BCUT2D eigenvalue weighted by atomic mass is 10.1. The van der Waals surface area contributed by atoms with Crippen LogP contribution in [0.3, 0.4) is 0 Å². The van der Waals surface area contributed by atoms with Gasteiger partial charge in [0.2, 0.25) is 0 Å². The topological polar surface area (TPSA) is 40.5 Å². The number of rotatable bonds is 3. The molecule has 2 N–H and O–H groups in total. The van der Waals surface area contributed by atoms with Crippen LogP contribution in [0.25, 0.3) is 0 Å². The maximum Gasteiger partial charge on any atom is 0.391 e. The number of aliphatic hydroxyl groups is 2. The minimum Gasteiger partial charge on any atom is -0.393 e. The summed E-state index contributed by atoms with van der Waals surface area (Å²) in [5.41, 5.74) is 0. The van der Waals surface area contributed by atoms with Crippen LogP contribution in [0.15, 0.2) is 0 Å². The Morgan fingerprint density at radius 3 is 2.00 bits per heavy atom. The van der Waals surface area contributed by atoms with Crippen molar-refractivity contribution in [2.75, 3.05) is 0 Å². The van der Waals surface area contributed by atoms with E-state index in [1.165, 1.54) is 6.92 Å². The Morgan fingerprint density at radius 2 is 1.73 bits per heavy atom. The van der Waals surface area contributed by atoms with Crippen LogP contribution in [0.4, 0.5) is 13.2 Å². The Morgan fingerprint density at radius 1 is 1.27 bits per heavy atom. The van der Waals surface area contributed by atoms with Gasteiger partial charge < -0.3 is 10.2 Å². The van der Waals surface area contributed by atoms with Crippen LogP contribution < -0.4 is 0 Å². The van der Waals surface area contributed by atoms with Crippen molar-refractivity contribution < 1.29 is 23.4 Å². The molecule has 0 heterocycles. The Labute approximate surface area is 62.6 Å². The molecule has 0 aromatic heterocycles. The van der Waals surface area contributed by atoms with E-state index < -0.39 is 24.8 Å². The van der Waals surface area contributed by atoms with Gasteiger partial charge in [0.05, 0.1) is 18.6 Å². The molecule has 0 amide bonds. The van der Waals surface area contributed by atoms with Gasteiger partial charge in [0.15, 0.2) is 0 Å². The maximum atomic E-state index is 11.5. The second kappa shape index (κ2) is 3.92. The van der Waals surface area contributed by atoms with Crippen LogP contribution in [0, 0.1) is 0 Å². The molecule has 0 radical (unpaired) electrons. The van der Waals surface area contributed by atoms with E-state index in [1.54, 1.807) is 0 Å². The smallest absolute Gasteiger partial charge is 0.391 e. The van der Waals surface area contributed by atoms with E-state index in [-0.39, 0.29) is 6.42 Å². The van der Waals surface area contributed by atoms with Gasteiger partial charge in [-0.15, -0.1) is 0 Å². The third-order valence-corrected chi connectivity index (χ3v) is 1.08. The Kier molecular flexibility index (Phi) is 3.82. The SMILES string of the molecule is CC(O)CC(O)CC(F)(F)F. The van der Waals surface area contributed by atoms with Crippen molar-refractivity contribution in [3.63, 3.8) is 0 Å². The Balaban J connectivity index is 3.61. The number of aliphatic hydroxyl groups excluding tert-OH is 2. The molecular formula is C6H11F3O2. The quantitative estimate of drug-likeness (QED) is 0.668. The van der Waals surface area contributed by atoms with E-state index in [0.717, 1.165) is 0 Å². The van der Waals surface area contributed by atoms with E-state index in [4.69, 9.17) is 10.2 Å². The normalized spacial score (nSPS) is 18.0. The summed E-state index contributed by atoms with van der Waals surface area (Å²) in [6.07, 6.45) is -8.23. The molecule has 5 heteroatoms. The highest BCUT2D eigenvalue weighted by Crippen LogP contribution is 2.22. The average molecular weight is 172 g/mol. The van der Waals surface area contributed by atoms with Gasteiger partial charge in [0, 0.05) is 0 Å². The predicted molar refractivity (Wildman–Crippen MR) is 33.0 cm³/mol. The fourth-order valence-electron chi connectivity index (χ4n) is 0.744. The summed E-state index contributed by atoms with van der Waals surface area (Å²) in [4.78, 5) is 0. The Bertz CT molecular complexity index is 111. The number of hydrogen-bond donors (Lipinski definition) is 2. The molecule has 0 saturated carbocycles. The molecule has 0 aromatic rings. The van der Waals surface area contributed by atoms with Gasteiger partial charge in [0.1, 0.15) is 0 Å². The molecule has 0 saturated heterocycles. The summed E-state index contributed by atoms with van der Waals surface area (Å²) in [7, 11) is 0. The maximum absolute atomic E-state index is 11.5. The van der Waals surface area contributed by atoms with Gasteiger partial charge >= 0.3 is 6.18 Å². The highest BCUT2D eigenvalue weighted by atomic mass is 19.4. The van der Waals surface area contributed by atoms with E-state index in [1.807, 2.05) is 0 Å².